The van der Waals surface area contributed by atoms with Crippen molar-refractivity contribution in [3.63, 3.8) is 0 Å². The number of phosphoric ester groups is 1. The second-order valence-electron chi connectivity index (χ2n) is 25.6. The molecule has 0 radical (unpaired) electrons. The summed E-state index contributed by atoms with van der Waals surface area (Å²) in [5.41, 5.74) is 0. The Kier molecular flexibility index (Phi) is 63.4. The van der Waals surface area contributed by atoms with Crippen molar-refractivity contribution in [2.45, 2.75) is 354 Å². The van der Waals surface area contributed by atoms with Crippen molar-refractivity contribution >= 4 is 19.8 Å². The number of hydrogen-bond acceptors (Lipinski definition) is 8. The zero-order valence-electron chi connectivity index (χ0n) is 56.1. The Hall–Kier alpha value is -2.29. The number of esters is 2. The lowest BCUT2D eigenvalue weighted by Crippen LogP contribution is -2.37. The normalized spacial score (nSPS) is 13.5. The molecule has 10 heteroatoms. The van der Waals surface area contributed by atoms with Crippen LogP contribution in [-0.4, -0.2) is 70.0 Å². The number of ether oxygens (including phenoxy) is 2. The Morgan fingerprint density at radius 1 is 0.381 bits per heavy atom. The summed E-state index contributed by atoms with van der Waals surface area (Å²) >= 11 is 0. The van der Waals surface area contributed by atoms with Crippen molar-refractivity contribution in [1.82, 2.24) is 0 Å². The molecule has 0 saturated carbocycles. The number of carbonyl (C=O) groups excluding carboxylic acids is 2. The quantitative estimate of drug-likeness (QED) is 0.0195. The molecule has 0 aromatic heterocycles. The van der Waals surface area contributed by atoms with Crippen LogP contribution in [0.4, 0.5) is 0 Å². The maximum Gasteiger partial charge on any atom is 0.306 e. The van der Waals surface area contributed by atoms with E-state index >= 15 is 0 Å². The molecule has 0 heterocycles. The first-order valence-electron chi connectivity index (χ1n) is 36.0. The van der Waals surface area contributed by atoms with E-state index in [2.05, 4.69) is 74.6 Å². The van der Waals surface area contributed by atoms with Crippen LogP contribution in [-0.2, 0) is 32.7 Å². The van der Waals surface area contributed by atoms with E-state index in [1.807, 2.05) is 21.1 Å². The van der Waals surface area contributed by atoms with Crippen LogP contribution in [0.5, 0.6) is 0 Å². The summed E-state index contributed by atoms with van der Waals surface area (Å²) in [5, 5.41) is 0. The van der Waals surface area contributed by atoms with E-state index in [0.29, 0.717) is 17.4 Å². The lowest BCUT2D eigenvalue weighted by Gasteiger charge is -2.28. The monoisotopic (exact) mass is 1200 g/mol. The first-order valence-corrected chi connectivity index (χ1v) is 37.5. The molecule has 84 heavy (non-hydrogen) atoms. The van der Waals surface area contributed by atoms with Crippen LogP contribution >= 0.6 is 7.82 Å². The predicted molar refractivity (Wildman–Crippen MR) is 360 cm³/mol. The van der Waals surface area contributed by atoms with Crippen molar-refractivity contribution < 1.29 is 42.1 Å². The minimum Gasteiger partial charge on any atom is -0.756 e. The second kappa shape index (κ2) is 65.2. The van der Waals surface area contributed by atoms with E-state index in [-0.39, 0.29) is 32.0 Å². The third-order valence-corrected chi connectivity index (χ3v) is 17.0. The Morgan fingerprint density at radius 3 is 1.01 bits per heavy atom. The molecule has 0 saturated heterocycles. The lowest BCUT2D eigenvalue weighted by atomic mass is 10.0. The van der Waals surface area contributed by atoms with Gasteiger partial charge in [-0.3, -0.25) is 14.2 Å². The van der Waals surface area contributed by atoms with Gasteiger partial charge in [-0.2, -0.15) is 0 Å². The summed E-state index contributed by atoms with van der Waals surface area (Å²) < 4.78 is 34.4. The minimum absolute atomic E-state index is 0.0286. The van der Waals surface area contributed by atoms with Gasteiger partial charge in [0.05, 0.1) is 27.7 Å². The van der Waals surface area contributed by atoms with Crippen molar-refractivity contribution in [1.29, 1.82) is 0 Å². The van der Waals surface area contributed by atoms with E-state index in [0.717, 1.165) is 70.6 Å². The summed E-state index contributed by atoms with van der Waals surface area (Å²) in [5.74, 6) is -0.812. The zero-order chi connectivity index (χ0) is 61.2. The largest absolute Gasteiger partial charge is 0.756 e. The fourth-order valence-electron chi connectivity index (χ4n) is 10.6. The van der Waals surface area contributed by atoms with Crippen molar-refractivity contribution in [3.8, 4) is 0 Å². The van der Waals surface area contributed by atoms with Crippen molar-refractivity contribution in [2.24, 2.45) is 0 Å². The molecular formula is C74H138NO8P. The maximum atomic E-state index is 12.9. The molecule has 0 aliphatic heterocycles. The van der Waals surface area contributed by atoms with Gasteiger partial charge in [0.25, 0.3) is 7.82 Å². The number of allylic oxidation sites excluding steroid dienone is 10. The predicted octanol–water partition coefficient (Wildman–Crippen LogP) is 22.8. The van der Waals surface area contributed by atoms with Crippen molar-refractivity contribution in [3.05, 3.63) is 60.8 Å². The van der Waals surface area contributed by atoms with Gasteiger partial charge in [0.15, 0.2) is 6.10 Å². The van der Waals surface area contributed by atoms with Crippen LogP contribution < -0.4 is 4.89 Å². The lowest BCUT2D eigenvalue weighted by molar-refractivity contribution is -0.870. The van der Waals surface area contributed by atoms with Crippen LogP contribution in [0.1, 0.15) is 348 Å². The van der Waals surface area contributed by atoms with E-state index in [4.69, 9.17) is 18.5 Å². The summed E-state index contributed by atoms with van der Waals surface area (Å²) in [6, 6.07) is 0. The molecule has 2 atom stereocenters. The molecule has 2 unspecified atom stereocenters. The Labute approximate surface area is 521 Å². The third-order valence-electron chi connectivity index (χ3n) is 16.1. The van der Waals surface area contributed by atoms with Gasteiger partial charge >= 0.3 is 11.9 Å². The maximum absolute atomic E-state index is 12.9. The van der Waals surface area contributed by atoms with Crippen LogP contribution in [0.3, 0.4) is 0 Å². The number of likely N-dealkylation sites (N-methyl/N-ethyl adjacent to an activating group) is 1. The number of quaternary nitrogens is 1. The number of unbranched alkanes of at least 4 members (excludes halogenated alkanes) is 43. The summed E-state index contributed by atoms with van der Waals surface area (Å²) in [6.07, 6.45) is 86.0. The van der Waals surface area contributed by atoms with E-state index < -0.39 is 26.5 Å². The van der Waals surface area contributed by atoms with E-state index in [1.54, 1.807) is 0 Å². The number of phosphoric acid groups is 1. The fourth-order valence-corrected chi connectivity index (χ4v) is 11.3. The van der Waals surface area contributed by atoms with Gasteiger partial charge in [0.1, 0.15) is 19.8 Å². The highest BCUT2D eigenvalue weighted by Crippen LogP contribution is 2.38. The highest BCUT2D eigenvalue weighted by atomic mass is 31.2. The molecule has 0 rings (SSSR count). The molecule has 0 aliphatic rings. The number of carbonyl (C=O) groups is 2. The third kappa shape index (κ3) is 68.8. The van der Waals surface area contributed by atoms with Crippen LogP contribution in [0.2, 0.25) is 0 Å². The topological polar surface area (TPSA) is 111 Å². The number of hydrogen-bond donors (Lipinski definition) is 0. The summed E-state index contributed by atoms with van der Waals surface area (Å²) in [4.78, 5) is 38.1. The first-order chi connectivity index (χ1) is 41.0. The average Bonchev–Trinajstić information content (AvgIpc) is 3.61. The molecule has 492 valence electrons. The van der Waals surface area contributed by atoms with Gasteiger partial charge in [0, 0.05) is 12.8 Å². The van der Waals surface area contributed by atoms with Gasteiger partial charge in [-0.1, -0.05) is 338 Å². The van der Waals surface area contributed by atoms with E-state index in [1.165, 1.54) is 244 Å². The van der Waals surface area contributed by atoms with Gasteiger partial charge < -0.3 is 27.9 Å². The SMILES string of the molecule is CC/C=C\C/C=C\C/C=C\C/C=C\C/C=C\CCCCCCCCCCCCCCCCCCCCCC(=O)OC(COC(=O)CCCCCCCCCCCCCCCCCCCCCCCCCCC)COP(=O)([O-])OCC[N+](C)(C)C. The zero-order valence-corrected chi connectivity index (χ0v) is 57.0. The summed E-state index contributed by atoms with van der Waals surface area (Å²) in [6.45, 7) is 4.19. The second-order valence-corrected chi connectivity index (χ2v) is 27.0. The van der Waals surface area contributed by atoms with Gasteiger partial charge in [-0.15, -0.1) is 0 Å². The highest BCUT2D eigenvalue weighted by Gasteiger charge is 2.22. The average molecular weight is 1200 g/mol. The summed E-state index contributed by atoms with van der Waals surface area (Å²) in [7, 11) is 1.18. The Bertz CT molecular complexity index is 1600. The number of rotatable bonds is 67. The molecule has 0 bridgehead atoms. The molecule has 0 fully saturated rings. The molecule has 0 aromatic rings. The van der Waals surface area contributed by atoms with Gasteiger partial charge in [-0.25, -0.2) is 0 Å². The highest BCUT2D eigenvalue weighted by molar-refractivity contribution is 7.45. The minimum atomic E-state index is -4.64. The van der Waals surface area contributed by atoms with Crippen molar-refractivity contribution in [2.75, 3.05) is 47.5 Å². The van der Waals surface area contributed by atoms with E-state index in [9.17, 15) is 19.0 Å². The standard InChI is InChI=1S/C74H138NO8P/c1-6-8-10-12-14-16-18-20-22-24-26-28-30-32-33-34-35-36-37-38-39-40-41-43-45-47-49-51-53-55-57-59-61-63-65-67-74(77)83-72(71-82-84(78,79)81-69-68-75(3,4)5)70-80-73(76)66-64-62-60-58-56-54-52-50-48-46-44-42-31-29-27-25-23-21-19-17-15-13-11-9-7-2/h8,10,14,16,20,22,26,28,32-33,72H,6-7,9,11-13,15,17-19,21,23-25,27,29-31,34-71H2,1-5H3/b10-8-,16-14-,22-20-,28-26-,33-32-. The molecule has 0 N–H and O–H groups in total. The molecule has 0 amide bonds. The number of nitrogens with zero attached hydrogens (tertiary/aromatic N) is 1. The molecular weight excluding hydrogens is 1060 g/mol. The Balaban J connectivity index is 3.98. The smallest absolute Gasteiger partial charge is 0.306 e. The van der Waals surface area contributed by atoms with Gasteiger partial charge in [-0.05, 0) is 57.8 Å². The first kappa shape index (κ1) is 81.7. The molecule has 0 aliphatic carbocycles. The van der Waals surface area contributed by atoms with Crippen LogP contribution in [0.25, 0.3) is 0 Å². The molecule has 0 aromatic carbocycles. The van der Waals surface area contributed by atoms with Crippen LogP contribution in [0, 0.1) is 0 Å². The van der Waals surface area contributed by atoms with Gasteiger partial charge in [0.2, 0.25) is 0 Å². The van der Waals surface area contributed by atoms with Crippen LogP contribution in [0.15, 0.2) is 60.8 Å². The molecule has 9 nitrogen and oxygen atoms in total. The molecule has 0 spiro atoms. The Morgan fingerprint density at radius 2 is 0.679 bits per heavy atom. The fraction of sp³-hybridized carbons (Fsp3) is 0.838.